The molecule has 4 heteroatoms. The number of hydrogen-bond donors (Lipinski definition) is 1. The fourth-order valence-corrected chi connectivity index (χ4v) is 7.04. The van der Waals surface area contributed by atoms with Crippen LogP contribution in [0.5, 0.6) is 0 Å². The van der Waals surface area contributed by atoms with Crippen LogP contribution >= 0.6 is 0 Å². The van der Waals surface area contributed by atoms with Gasteiger partial charge in [-0.15, -0.1) is 0 Å². The molecule has 0 saturated carbocycles. The van der Waals surface area contributed by atoms with Gasteiger partial charge in [-0.1, -0.05) is 31.5 Å². The number of sulfone groups is 1. The first-order valence-corrected chi connectivity index (χ1v) is 10.0. The molecule has 2 bridgehead atoms. The second-order valence-electron chi connectivity index (χ2n) is 7.02. The first-order chi connectivity index (χ1) is 10.3. The first-order valence-electron chi connectivity index (χ1n) is 8.39. The highest BCUT2D eigenvalue weighted by molar-refractivity contribution is 7.93. The summed E-state index contributed by atoms with van der Waals surface area (Å²) in [5, 5.41) is 10.7. The molecule has 0 amide bonds. The Morgan fingerprint density at radius 3 is 1.95 bits per heavy atom. The van der Waals surface area contributed by atoms with Crippen LogP contribution in [0.3, 0.4) is 0 Å². The van der Waals surface area contributed by atoms with Crippen LogP contribution < -0.4 is 0 Å². The summed E-state index contributed by atoms with van der Waals surface area (Å²) in [5.41, 5.74) is 3.63. The molecule has 122 valence electrons. The van der Waals surface area contributed by atoms with Gasteiger partial charge in [-0.3, -0.25) is 0 Å². The Labute approximate surface area is 133 Å². The molecule has 2 aliphatic rings. The van der Waals surface area contributed by atoms with Crippen molar-refractivity contribution in [3.05, 3.63) is 34.4 Å². The number of aliphatic hydroxyl groups is 1. The minimum atomic E-state index is -3.02. The second-order valence-corrected chi connectivity index (χ2v) is 9.53. The molecule has 1 N–H and O–H groups in total. The Bertz CT molecular complexity index is 645. The molecule has 2 fully saturated rings. The maximum absolute atomic E-state index is 12.3. The third-order valence-electron chi connectivity index (χ3n) is 5.54. The zero-order valence-electron chi connectivity index (χ0n) is 13.7. The van der Waals surface area contributed by atoms with Gasteiger partial charge in [0.2, 0.25) is 0 Å². The van der Waals surface area contributed by atoms with Crippen molar-refractivity contribution in [2.75, 3.05) is 0 Å². The Morgan fingerprint density at radius 1 is 1.09 bits per heavy atom. The highest BCUT2D eigenvalue weighted by atomic mass is 32.2. The molecule has 0 aromatic heterocycles. The first kappa shape index (κ1) is 16.0. The Balaban J connectivity index is 2.12. The normalized spacial score (nSPS) is 33.1. The zero-order valence-corrected chi connectivity index (χ0v) is 14.5. The van der Waals surface area contributed by atoms with E-state index >= 15 is 0 Å². The van der Waals surface area contributed by atoms with Crippen molar-refractivity contribution in [1.82, 2.24) is 0 Å². The molecule has 0 spiro atoms. The lowest BCUT2D eigenvalue weighted by Crippen LogP contribution is -2.44. The molecule has 2 unspecified atom stereocenters. The topological polar surface area (TPSA) is 54.4 Å². The molecule has 1 aromatic rings. The molecular formula is C18H26O3S. The molecule has 0 aliphatic carbocycles. The van der Waals surface area contributed by atoms with Gasteiger partial charge in [0.05, 0.1) is 16.1 Å². The Hall–Kier alpha value is -0.870. The molecule has 2 atom stereocenters. The standard InChI is InChI=1S/C18H26O3S/c1-4-13-8-12(3)9-14(5-2)17(13)18(19)10-15-6-7-16(11-18)22(15,20)21/h8-9,15-16,19H,4-7,10-11H2,1-3H3. The van der Waals surface area contributed by atoms with Crippen LogP contribution in [-0.2, 0) is 28.3 Å². The highest BCUT2D eigenvalue weighted by Gasteiger charge is 2.53. The summed E-state index contributed by atoms with van der Waals surface area (Å²) in [6, 6.07) is 4.30. The van der Waals surface area contributed by atoms with E-state index in [9.17, 15) is 13.5 Å². The van der Waals surface area contributed by atoms with E-state index in [0.29, 0.717) is 25.7 Å². The summed E-state index contributed by atoms with van der Waals surface area (Å²) >= 11 is 0. The maximum Gasteiger partial charge on any atom is 0.156 e. The third kappa shape index (κ3) is 2.31. The van der Waals surface area contributed by atoms with Crippen molar-refractivity contribution >= 4 is 9.84 Å². The van der Waals surface area contributed by atoms with Crippen LogP contribution in [-0.4, -0.2) is 24.0 Å². The van der Waals surface area contributed by atoms with E-state index in [2.05, 4.69) is 32.9 Å². The van der Waals surface area contributed by atoms with E-state index < -0.39 is 15.4 Å². The van der Waals surface area contributed by atoms with Crippen LogP contribution in [0.1, 0.15) is 61.8 Å². The van der Waals surface area contributed by atoms with Gasteiger partial charge in [-0.05, 0) is 62.1 Å². The predicted octanol–water partition coefficient (Wildman–Crippen LogP) is 3.05. The molecule has 2 saturated heterocycles. The minimum absolute atomic E-state index is 0.355. The van der Waals surface area contributed by atoms with E-state index in [1.807, 2.05) is 0 Å². The van der Waals surface area contributed by atoms with Crippen molar-refractivity contribution in [3.8, 4) is 0 Å². The molecule has 22 heavy (non-hydrogen) atoms. The lowest BCUT2D eigenvalue weighted by Gasteiger charge is -2.39. The monoisotopic (exact) mass is 322 g/mol. The number of aryl methyl sites for hydroxylation is 3. The summed E-state index contributed by atoms with van der Waals surface area (Å²) in [6.07, 6.45) is 3.90. The molecule has 2 aliphatic heterocycles. The van der Waals surface area contributed by atoms with Gasteiger partial charge in [-0.2, -0.15) is 0 Å². The van der Waals surface area contributed by atoms with Gasteiger partial charge in [0.15, 0.2) is 9.84 Å². The van der Waals surface area contributed by atoms with Crippen LogP contribution in [0.4, 0.5) is 0 Å². The lowest BCUT2D eigenvalue weighted by molar-refractivity contribution is 0.0157. The van der Waals surface area contributed by atoms with Crippen molar-refractivity contribution < 1.29 is 13.5 Å². The van der Waals surface area contributed by atoms with E-state index in [1.54, 1.807) is 0 Å². The molecule has 3 nitrogen and oxygen atoms in total. The zero-order chi connectivity index (χ0) is 16.1. The van der Waals surface area contributed by atoms with Crippen molar-refractivity contribution in [1.29, 1.82) is 0 Å². The fourth-order valence-electron chi connectivity index (χ4n) is 4.55. The van der Waals surface area contributed by atoms with Gasteiger partial charge in [0.25, 0.3) is 0 Å². The van der Waals surface area contributed by atoms with Crippen LogP contribution in [0.25, 0.3) is 0 Å². The number of benzene rings is 1. The lowest BCUT2D eigenvalue weighted by atomic mass is 9.78. The Kier molecular flexibility index (Phi) is 3.89. The third-order valence-corrected chi connectivity index (χ3v) is 8.21. The quantitative estimate of drug-likeness (QED) is 0.930. The summed E-state index contributed by atoms with van der Waals surface area (Å²) in [5.74, 6) is 0. The summed E-state index contributed by atoms with van der Waals surface area (Å²) in [6.45, 7) is 6.30. The Morgan fingerprint density at radius 2 is 1.55 bits per heavy atom. The molecule has 0 radical (unpaired) electrons. The second kappa shape index (κ2) is 5.34. The van der Waals surface area contributed by atoms with Gasteiger partial charge in [0.1, 0.15) is 0 Å². The maximum atomic E-state index is 12.3. The van der Waals surface area contributed by atoms with Crippen LogP contribution in [0.15, 0.2) is 12.1 Å². The number of fused-ring (bicyclic) bond motifs is 2. The highest BCUT2D eigenvalue weighted by Crippen LogP contribution is 2.49. The van der Waals surface area contributed by atoms with Gasteiger partial charge >= 0.3 is 0 Å². The molecule has 1 aromatic carbocycles. The van der Waals surface area contributed by atoms with Gasteiger partial charge in [-0.25, -0.2) is 8.42 Å². The molecule has 2 heterocycles. The van der Waals surface area contributed by atoms with Crippen molar-refractivity contribution in [3.63, 3.8) is 0 Å². The van der Waals surface area contributed by atoms with Crippen molar-refractivity contribution in [2.24, 2.45) is 0 Å². The fraction of sp³-hybridized carbons (Fsp3) is 0.667. The minimum Gasteiger partial charge on any atom is -0.385 e. The van der Waals surface area contributed by atoms with E-state index in [0.717, 1.165) is 18.4 Å². The summed E-state index contributed by atoms with van der Waals surface area (Å²) < 4.78 is 24.7. The average molecular weight is 322 g/mol. The largest absolute Gasteiger partial charge is 0.385 e. The SMILES string of the molecule is CCc1cc(C)cc(CC)c1C1(O)CC2CCC(C1)S2(=O)=O. The molecular weight excluding hydrogens is 296 g/mol. The summed E-state index contributed by atoms with van der Waals surface area (Å²) in [4.78, 5) is 0. The predicted molar refractivity (Wildman–Crippen MR) is 88.8 cm³/mol. The molecule has 3 rings (SSSR count). The van der Waals surface area contributed by atoms with Gasteiger partial charge < -0.3 is 5.11 Å². The number of hydrogen-bond acceptors (Lipinski definition) is 3. The average Bonchev–Trinajstić information content (AvgIpc) is 2.65. The van der Waals surface area contributed by atoms with Crippen molar-refractivity contribution in [2.45, 2.75) is 75.4 Å². The smallest absolute Gasteiger partial charge is 0.156 e. The van der Waals surface area contributed by atoms with Crippen LogP contribution in [0, 0.1) is 6.92 Å². The van der Waals surface area contributed by atoms with Gasteiger partial charge in [0, 0.05) is 0 Å². The van der Waals surface area contributed by atoms with E-state index in [1.165, 1.54) is 16.7 Å². The van der Waals surface area contributed by atoms with E-state index in [-0.39, 0.29) is 10.5 Å². The number of rotatable bonds is 3. The van der Waals surface area contributed by atoms with E-state index in [4.69, 9.17) is 0 Å². The van der Waals surface area contributed by atoms with Crippen LogP contribution in [0.2, 0.25) is 0 Å². The summed E-state index contributed by atoms with van der Waals surface area (Å²) in [7, 11) is -3.02.